The zero-order valence-electron chi connectivity index (χ0n) is 22.8. The Balaban J connectivity index is 2.03. The molecule has 1 N–H and O–H groups in total. The molecule has 1 aliphatic rings. The Hall–Kier alpha value is -4.65. The van der Waals surface area contributed by atoms with Gasteiger partial charge in [0, 0.05) is 11.6 Å². The molecule has 1 aliphatic heterocycles. The van der Waals surface area contributed by atoms with Crippen molar-refractivity contribution in [2.75, 3.05) is 6.61 Å². The highest BCUT2D eigenvalue weighted by Crippen LogP contribution is 2.35. The van der Waals surface area contributed by atoms with Gasteiger partial charge in [0.25, 0.3) is 11.2 Å². The third-order valence-electron chi connectivity index (χ3n) is 6.61. The molecular weight excluding hydrogens is 552 g/mol. The number of benzene rings is 2. The highest BCUT2D eigenvalue weighted by atomic mass is 32.1. The molecule has 41 heavy (non-hydrogen) atoms. The van der Waals surface area contributed by atoms with E-state index in [1.165, 1.54) is 4.57 Å². The number of aromatic hydroxyl groups is 1. The number of hydrogen-bond donors (Lipinski definition) is 1. The van der Waals surface area contributed by atoms with Crippen LogP contribution in [0.4, 0.5) is 11.4 Å². The van der Waals surface area contributed by atoms with E-state index in [1.54, 1.807) is 6.92 Å². The van der Waals surface area contributed by atoms with Gasteiger partial charge in [0.15, 0.2) is 4.80 Å². The lowest BCUT2D eigenvalue weighted by atomic mass is 9.92. The molecule has 13 heteroatoms. The van der Waals surface area contributed by atoms with Gasteiger partial charge in [0.2, 0.25) is 5.75 Å². The van der Waals surface area contributed by atoms with Crippen LogP contribution >= 0.6 is 11.3 Å². The first-order valence-corrected chi connectivity index (χ1v) is 13.8. The zero-order chi connectivity index (χ0) is 30.0. The third kappa shape index (κ3) is 5.66. The fraction of sp³-hybridized carbons (Fsp3) is 0.321. The number of non-ortho nitro benzene ring substituents is 1. The molecule has 2 heterocycles. The van der Waals surface area contributed by atoms with E-state index in [0.717, 1.165) is 29.0 Å². The lowest BCUT2D eigenvalue weighted by Crippen LogP contribution is -2.40. The van der Waals surface area contributed by atoms with Gasteiger partial charge in [-0.05, 0) is 36.5 Å². The fourth-order valence-electron chi connectivity index (χ4n) is 4.62. The summed E-state index contributed by atoms with van der Waals surface area (Å²) in [6.07, 6.45) is 2.27. The molecule has 4 rings (SSSR count). The Kier molecular flexibility index (Phi) is 8.47. The van der Waals surface area contributed by atoms with Crippen molar-refractivity contribution in [1.29, 1.82) is 0 Å². The number of fused-ring (bicyclic) bond motifs is 1. The minimum atomic E-state index is -0.940. The zero-order valence-corrected chi connectivity index (χ0v) is 23.6. The van der Waals surface area contributed by atoms with E-state index in [1.807, 2.05) is 31.2 Å². The maximum Gasteiger partial charge on any atom is 0.338 e. The van der Waals surface area contributed by atoms with Gasteiger partial charge in [-0.1, -0.05) is 62.8 Å². The van der Waals surface area contributed by atoms with Crippen LogP contribution in [0.2, 0.25) is 0 Å². The Labute approximate surface area is 237 Å². The number of phenols is 1. The lowest BCUT2D eigenvalue weighted by molar-refractivity contribution is -0.394. The monoisotopic (exact) mass is 580 g/mol. The second-order valence-corrected chi connectivity index (χ2v) is 10.7. The van der Waals surface area contributed by atoms with Crippen molar-refractivity contribution >= 4 is 34.8 Å². The average Bonchev–Trinajstić information content (AvgIpc) is 3.23. The first kappa shape index (κ1) is 29.3. The molecule has 0 spiro atoms. The molecular formula is C28H28N4O8S. The first-order valence-electron chi connectivity index (χ1n) is 13.0. The van der Waals surface area contributed by atoms with Gasteiger partial charge < -0.3 is 9.84 Å². The molecule has 0 radical (unpaired) electrons. The molecule has 2 aromatic carbocycles. The van der Waals surface area contributed by atoms with Crippen molar-refractivity contribution in [1.82, 2.24) is 4.57 Å². The molecule has 0 bridgehead atoms. The summed E-state index contributed by atoms with van der Waals surface area (Å²) in [4.78, 5) is 53.1. The van der Waals surface area contributed by atoms with Gasteiger partial charge in [-0.15, -0.1) is 0 Å². The highest BCUT2D eigenvalue weighted by molar-refractivity contribution is 7.07. The van der Waals surface area contributed by atoms with Crippen LogP contribution < -0.4 is 14.9 Å². The van der Waals surface area contributed by atoms with Gasteiger partial charge in [-0.2, -0.15) is 0 Å². The van der Waals surface area contributed by atoms with Crippen molar-refractivity contribution in [3.8, 4) is 5.75 Å². The molecule has 0 saturated heterocycles. The van der Waals surface area contributed by atoms with Crippen LogP contribution in [0.25, 0.3) is 6.08 Å². The van der Waals surface area contributed by atoms with Crippen LogP contribution in [0.15, 0.2) is 57.5 Å². The van der Waals surface area contributed by atoms with Crippen molar-refractivity contribution in [2.45, 2.75) is 52.5 Å². The number of aromatic nitrogens is 1. The van der Waals surface area contributed by atoms with E-state index in [-0.39, 0.29) is 33.0 Å². The summed E-state index contributed by atoms with van der Waals surface area (Å²) < 4.78 is 6.75. The second-order valence-electron chi connectivity index (χ2n) is 9.65. The Morgan fingerprint density at radius 1 is 1.17 bits per heavy atom. The molecule has 1 aromatic heterocycles. The number of hydrogen-bond acceptors (Lipinski definition) is 10. The summed E-state index contributed by atoms with van der Waals surface area (Å²) in [5.41, 5.74) is 0.0961. The first-order chi connectivity index (χ1) is 19.5. The summed E-state index contributed by atoms with van der Waals surface area (Å²) in [5.74, 6) is -1.15. The standard InChI is InChI=1S/C28H28N4O8S/c1-5-7-20-23(27(35)40-6-2)24(17-10-8-16(9-11-17)15(3)4)30-26(34)22(41-28(30)29-20)13-18-12-19(31(36)37)14-21(25(18)33)32(38)39/h8-15,24,33H,5-7H2,1-4H3/b22-13-/t24-/m1/s1. The fourth-order valence-corrected chi connectivity index (χ4v) is 5.63. The smallest absolute Gasteiger partial charge is 0.338 e. The van der Waals surface area contributed by atoms with Gasteiger partial charge in [0.1, 0.15) is 0 Å². The van der Waals surface area contributed by atoms with Gasteiger partial charge in [-0.3, -0.25) is 29.6 Å². The maximum absolute atomic E-state index is 13.9. The lowest BCUT2D eigenvalue weighted by Gasteiger charge is -2.26. The van der Waals surface area contributed by atoms with E-state index in [4.69, 9.17) is 4.74 Å². The number of nitrogens with zero attached hydrogens (tertiary/aromatic N) is 4. The Morgan fingerprint density at radius 3 is 2.41 bits per heavy atom. The van der Waals surface area contributed by atoms with Gasteiger partial charge >= 0.3 is 11.7 Å². The van der Waals surface area contributed by atoms with E-state index < -0.39 is 44.5 Å². The Morgan fingerprint density at radius 2 is 1.85 bits per heavy atom. The number of carbonyl (C=O) groups is 1. The summed E-state index contributed by atoms with van der Waals surface area (Å²) >= 11 is 0.948. The molecule has 12 nitrogen and oxygen atoms in total. The van der Waals surface area contributed by atoms with Crippen LogP contribution in [-0.4, -0.2) is 32.1 Å². The average molecular weight is 581 g/mol. The largest absolute Gasteiger partial charge is 0.502 e. The number of nitro groups is 2. The van der Waals surface area contributed by atoms with E-state index in [2.05, 4.69) is 18.8 Å². The molecule has 3 aromatic rings. The number of carbonyl (C=O) groups excluding carboxylic acids is 1. The summed E-state index contributed by atoms with van der Waals surface area (Å²) in [5, 5.41) is 33.3. The van der Waals surface area contributed by atoms with E-state index >= 15 is 0 Å². The van der Waals surface area contributed by atoms with Crippen molar-refractivity contribution in [3.63, 3.8) is 0 Å². The predicted octanol–water partition coefficient (Wildman–Crippen LogP) is 4.22. The number of phenolic OH excluding ortho intramolecular Hbond substituents is 1. The number of nitro benzene ring substituents is 2. The van der Waals surface area contributed by atoms with Gasteiger partial charge in [-0.25, -0.2) is 9.79 Å². The van der Waals surface area contributed by atoms with Crippen LogP contribution in [-0.2, 0) is 9.53 Å². The van der Waals surface area contributed by atoms with Crippen LogP contribution in [0.1, 0.15) is 69.2 Å². The SMILES string of the molecule is CCCC1=C(C(=O)OCC)[C@@H](c2ccc(C(C)C)cc2)n2c(s/c(=C\c3cc([N+](=O)[O-])cc([N+](=O)[O-])c3O)c2=O)=N1. The summed E-state index contributed by atoms with van der Waals surface area (Å²) in [6.45, 7) is 7.84. The number of esters is 1. The molecule has 214 valence electrons. The summed E-state index contributed by atoms with van der Waals surface area (Å²) in [6, 6.07) is 8.29. The summed E-state index contributed by atoms with van der Waals surface area (Å²) in [7, 11) is 0. The quantitative estimate of drug-likeness (QED) is 0.223. The van der Waals surface area contributed by atoms with E-state index in [9.17, 15) is 34.9 Å². The molecule has 0 saturated carbocycles. The normalized spacial score (nSPS) is 15.0. The van der Waals surface area contributed by atoms with Crippen LogP contribution in [0.3, 0.4) is 0 Å². The predicted molar refractivity (Wildman–Crippen MR) is 152 cm³/mol. The number of allylic oxidation sites excluding steroid dienone is 1. The molecule has 0 unspecified atom stereocenters. The number of rotatable bonds is 9. The number of ether oxygens (including phenoxy) is 1. The Bertz CT molecular complexity index is 1750. The van der Waals surface area contributed by atoms with Crippen molar-refractivity contribution in [3.05, 3.63) is 104 Å². The minimum absolute atomic E-state index is 0.0126. The molecule has 0 amide bonds. The van der Waals surface area contributed by atoms with Gasteiger partial charge in [0.05, 0.1) is 44.4 Å². The topological polar surface area (TPSA) is 167 Å². The van der Waals surface area contributed by atoms with Crippen LogP contribution in [0, 0.1) is 20.2 Å². The molecule has 0 fully saturated rings. The van der Waals surface area contributed by atoms with Crippen molar-refractivity contribution < 1.29 is 24.5 Å². The third-order valence-corrected chi connectivity index (χ3v) is 7.59. The second kappa shape index (κ2) is 11.8. The van der Waals surface area contributed by atoms with Crippen molar-refractivity contribution in [2.24, 2.45) is 4.99 Å². The minimum Gasteiger partial charge on any atom is -0.502 e. The molecule has 1 atom stereocenters. The van der Waals surface area contributed by atoms with E-state index in [0.29, 0.717) is 30.2 Å². The molecule has 0 aliphatic carbocycles. The number of thiazole rings is 1. The maximum atomic E-state index is 13.9. The highest BCUT2D eigenvalue weighted by Gasteiger charge is 2.34. The van der Waals surface area contributed by atoms with Crippen LogP contribution in [0.5, 0.6) is 5.75 Å².